The van der Waals surface area contributed by atoms with Crippen LogP contribution in [0.5, 0.6) is 11.5 Å². The van der Waals surface area contributed by atoms with E-state index in [1.54, 1.807) is 25.1 Å². The van der Waals surface area contributed by atoms with Crippen molar-refractivity contribution in [2.45, 2.75) is 25.3 Å². The Morgan fingerprint density at radius 2 is 1.64 bits per heavy atom. The molecule has 0 aliphatic rings. The zero-order chi connectivity index (χ0) is 26.3. The Kier molecular flexibility index (Phi) is 8.78. The van der Waals surface area contributed by atoms with Crippen molar-refractivity contribution < 1.29 is 36.6 Å². The number of benzene rings is 3. The van der Waals surface area contributed by atoms with Crippen LogP contribution in [0.1, 0.15) is 28.4 Å². The maximum atomic E-state index is 13.5. The monoisotopic (exact) mass is 515 g/mol. The number of aryl methyl sites for hydroxylation is 1. The summed E-state index contributed by atoms with van der Waals surface area (Å²) in [6.07, 6.45) is 0. The molecular formula is C26H26FNO7S. The molecule has 0 N–H and O–H groups in total. The van der Waals surface area contributed by atoms with Crippen LogP contribution in [0.25, 0.3) is 0 Å². The Balaban J connectivity index is 2.11. The van der Waals surface area contributed by atoms with Crippen LogP contribution in [0, 0.1) is 12.7 Å². The van der Waals surface area contributed by atoms with Crippen LogP contribution in [-0.4, -0.2) is 44.9 Å². The molecule has 0 spiro atoms. The molecule has 190 valence electrons. The van der Waals surface area contributed by atoms with Gasteiger partial charge in [-0.05, 0) is 62.4 Å². The molecule has 0 fully saturated rings. The number of carbonyl (C=O) groups is 2. The van der Waals surface area contributed by atoms with Gasteiger partial charge in [0.25, 0.3) is 0 Å². The molecule has 10 heteroatoms. The summed E-state index contributed by atoms with van der Waals surface area (Å²) < 4.78 is 57.1. The van der Waals surface area contributed by atoms with E-state index in [-0.39, 0.29) is 34.1 Å². The number of hydrogen-bond donors (Lipinski definition) is 0. The van der Waals surface area contributed by atoms with Gasteiger partial charge in [-0.15, -0.1) is 0 Å². The van der Waals surface area contributed by atoms with Crippen molar-refractivity contribution in [3.8, 4) is 11.5 Å². The molecule has 0 amide bonds. The number of halogens is 1. The number of rotatable bonds is 10. The summed E-state index contributed by atoms with van der Waals surface area (Å²) in [7, 11) is -3.05. The van der Waals surface area contributed by atoms with Gasteiger partial charge in [0.1, 0.15) is 23.9 Å². The van der Waals surface area contributed by atoms with E-state index in [4.69, 9.17) is 14.2 Å². The number of nitrogens with zero attached hydrogens (tertiary/aromatic N) is 1. The number of esters is 2. The summed E-state index contributed by atoms with van der Waals surface area (Å²) in [6.45, 7) is 2.53. The lowest BCUT2D eigenvalue weighted by molar-refractivity contribution is -0.140. The maximum Gasteiger partial charge on any atom is 0.338 e. The largest absolute Gasteiger partial charge is 0.468 e. The maximum absolute atomic E-state index is 13.5. The third-order valence-corrected chi connectivity index (χ3v) is 7.00. The third kappa shape index (κ3) is 6.46. The van der Waals surface area contributed by atoms with Gasteiger partial charge in [-0.25, -0.2) is 17.6 Å². The van der Waals surface area contributed by atoms with E-state index in [0.29, 0.717) is 0 Å². The molecule has 0 bridgehead atoms. The first-order chi connectivity index (χ1) is 17.1. The summed E-state index contributed by atoms with van der Waals surface area (Å²) >= 11 is 0. The van der Waals surface area contributed by atoms with Crippen molar-refractivity contribution in [2.24, 2.45) is 0 Å². The molecule has 0 atom stereocenters. The summed E-state index contributed by atoms with van der Waals surface area (Å²) in [5, 5.41) is 0. The van der Waals surface area contributed by atoms with Crippen molar-refractivity contribution in [2.75, 3.05) is 20.3 Å². The van der Waals surface area contributed by atoms with Crippen molar-refractivity contribution >= 4 is 22.0 Å². The Morgan fingerprint density at radius 1 is 0.972 bits per heavy atom. The van der Waals surface area contributed by atoms with E-state index >= 15 is 0 Å². The molecule has 0 radical (unpaired) electrons. The minimum Gasteiger partial charge on any atom is -0.468 e. The summed E-state index contributed by atoms with van der Waals surface area (Å²) in [5.41, 5.74) is 1.08. The lowest BCUT2D eigenvalue weighted by Crippen LogP contribution is -2.36. The van der Waals surface area contributed by atoms with Crippen LogP contribution in [0.4, 0.5) is 4.39 Å². The number of hydrogen-bond acceptors (Lipinski definition) is 7. The van der Waals surface area contributed by atoms with Crippen molar-refractivity contribution in [1.82, 2.24) is 4.31 Å². The molecule has 3 rings (SSSR count). The van der Waals surface area contributed by atoms with Gasteiger partial charge >= 0.3 is 11.9 Å². The first-order valence-corrected chi connectivity index (χ1v) is 12.5. The van der Waals surface area contributed by atoms with Crippen molar-refractivity contribution in [3.63, 3.8) is 0 Å². The molecule has 3 aromatic rings. The van der Waals surface area contributed by atoms with Crippen molar-refractivity contribution in [3.05, 3.63) is 89.2 Å². The van der Waals surface area contributed by atoms with E-state index in [1.807, 2.05) is 6.92 Å². The molecule has 0 heterocycles. The quantitative estimate of drug-likeness (QED) is 0.368. The fourth-order valence-electron chi connectivity index (χ4n) is 3.32. The van der Waals surface area contributed by atoms with Crippen LogP contribution in [0.15, 0.2) is 71.6 Å². The van der Waals surface area contributed by atoms with Crippen LogP contribution in [0.2, 0.25) is 0 Å². The predicted octanol–water partition coefficient (Wildman–Crippen LogP) is 4.47. The number of ether oxygens (including phenoxy) is 3. The highest BCUT2D eigenvalue weighted by molar-refractivity contribution is 7.89. The number of methoxy groups -OCH3 is 1. The normalized spacial score (nSPS) is 11.2. The van der Waals surface area contributed by atoms with Gasteiger partial charge in [0.2, 0.25) is 10.0 Å². The molecule has 36 heavy (non-hydrogen) atoms. The molecule has 8 nitrogen and oxygen atoms in total. The Morgan fingerprint density at radius 3 is 2.25 bits per heavy atom. The van der Waals surface area contributed by atoms with Crippen molar-refractivity contribution in [1.29, 1.82) is 0 Å². The molecule has 0 unspecified atom stereocenters. The van der Waals surface area contributed by atoms with E-state index < -0.39 is 40.9 Å². The van der Waals surface area contributed by atoms with E-state index in [2.05, 4.69) is 0 Å². The first-order valence-electron chi connectivity index (χ1n) is 11.0. The Labute approximate surface area is 209 Å². The van der Waals surface area contributed by atoms with Gasteiger partial charge < -0.3 is 14.2 Å². The average Bonchev–Trinajstić information content (AvgIpc) is 2.86. The fraction of sp³-hybridized carbons (Fsp3) is 0.231. The molecule has 0 aromatic heterocycles. The molecule has 0 aliphatic heterocycles. The van der Waals surface area contributed by atoms with E-state index in [9.17, 15) is 22.4 Å². The predicted molar refractivity (Wildman–Crippen MR) is 130 cm³/mol. The van der Waals surface area contributed by atoms with E-state index in [0.717, 1.165) is 17.0 Å². The second kappa shape index (κ2) is 11.8. The number of sulfonamides is 1. The summed E-state index contributed by atoms with van der Waals surface area (Å²) in [5.74, 6) is -1.54. The standard InChI is InChI=1S/C26H26FNO7S/c1-4-34-26(30)22-6-5-7-24(35-20-12-10-19(27)11-13-20)23(22)16-28(17-25(29)33-3)36(31,32)21-14-8-18(2)9-15-21/h5-15H,4,16-17H2,1-3H3. The summed E-state index contributed by atoms with van der Waals surface area (Å²) in [6, 6.07) is 15.9. The smallest absolute Gasteiger partial charge is 0.338 e. The van der Waals surface area contributed by atoms with Crippen LogP contribution < -0.4 is 4.74 Å². The first kappa shape index (κ1) is 26.8. The second-order valence-electron chi connectivity index (χ2n) is 7.72. The van der Waals surface area contributed by atoms with Gasteiger partial charge in [0, 0.05) is 12.1 Å². The van der Waals surface area contributed by atoms with Crippen LogP contribution in [0.3, 0.4) is 0 Å². The van der Waals surface area contributed by atoms with E-state index in [1.165, 1.54) is 48.5 Å². The molecule has 0 aliphatic carbocycles. The summed E-state index contributed by atoms with van der Waals surface area (Å²) in [4.78, 5) is 24.9. The van der Waals surface area contributed by atoms with Gasteiger partial charge in [-0.1, -0.05) is 23.8 Å². The minimum absolute atomic E-state index is 0.0355. The lowest BCUT2D eigenvalue weighted by Gasteiger charge is -2.24. The highest BCUT2D eigenvalue weighted by atomic mass is 32.2. The molecule has 3 aromatic carbocycles. The fourth-order valence-corrected chi connectivity index (χ4v) is 4.68. The third-order valence-electron chi connectivity index (χ3n) is 5.20. The highest BCUT2D eigenvalue weighted by Gasteiger charge is 2.30. The van der Waals surface area contributed by atoms with Gasteiger partial charge in [-0.2, -0.15) is 4.31 Å². The topological polar surface area (TPSA) is 99.2 Å². The lowest BCUT2D eigenvalue weighted by atomic mass is 10.1. The zero-order valence-electron chi connectivity index (χ0n) is 20.1. The van der Waals surface area contributed by atoms with Crippen LogP contribution >= 0.6 is 0 Å². The van der Waals surface area contributed by atoms with Gasteiger partial charge in [-0.3, -0.25) is 4.79 Å². The minimum atomic E-state index is -4.20. The Hall–Kier alpha value is -3.76. The van der Waals surface area contributed by atoms with Gasteiger partial charge in [0.15, 0.2) is 0 Å². The molecule has 0 saturated carbocycles. The number of carbonyl (C=O) groups excluding carboxylic acids is 2. The molecule has 0 saturated heterocycles. The second-order valence-corrected chi connectivity index (χ2v) is 9.66. The highest BCUT2D eigenvalue weighted by Crippen LogP contribution is 2.31. The zero-order valence-corrected chi connectivity index (χ0v) is 20.9. The average molecular weight is 516 g/mol. The molecular weight excluding hydrogens is 489 g/mol. The van der Waals surface area contributed by atoms with Gasteiger partial charge in [0.05, 0.1) is 24.2 Å². The Bertz CT molecular complexity index is 1320. The van der Waals surface area contributed by atoms with Crippen LogP contribution in [-0.2, 0) is 30.8 Å². The SMILES string of the molecule is CCOC(=O)c1cccc(Oc2ccc(F)cc2)c1CN(CC(=O)OC)S(=O)(=O)c1ccc(C)cc1.